The van der Waals surface area contributed by atoms with Gasteiger partial charge >= 0.3 is 0 Å². The van der Waals surface area contributed by atoms with Crippen molar-refractivity contribution in [3.8, 4) is 0 Å². The molecule has 1 fully saturated rings. The first-order chi connectivity index (χ1) is 14.5. The van der Waals surface area contributed by atoms with Gasteiger partial charge < -0.3 is 9.88 Å². The van der Waals surface area contributed by atoms with Gasteiger partial charge in [-0.15, -0.1) is 0 Å². The molecule has 2 heterocycles. The number of fused-ring (bicyclic) bond motifs is 1. The van der Waals surface area contributed by atoms with Crippen LogP contribution in [0.2, 0.25) is 0 Å². The van der Waals surface area contributed by atoms with Gasteiger partial charge in [-0.3, -0.25) is 19.3 Å². The largest absolute Gasteiger partial charge is 0.347 e. The molecule has 2 aromatic carbocycles. The lowest BCUT2D eigenvalue weighted by Gasteiger charge is -2.13. The van der Waals surface area contributed by atoms with Gasteiger partial charge in [-0.25, -0.2) is 0 Å². The van der Waals surface area contributed by atoms with Crippen LogP contribution >= 0.6 is 11.8 Å². The highest BCUT2D eigenvalue weighted by Gasteiger charge is 2.36. The normalized spacial score (nSPS) is 15.4. The zero-order chi connectivity index (χ0) is 21.3. The fourth-order valence-corrected chi connectivity index (χ4v) is 4.31. The summed E-state index contributed by atoms with van der Waals surface area (Å²) in [7, 11) is 0. The molecule has 0 atom stereocenters. The first-order valence-electron chi connectivity index (χ1n) is 9.66. The molecule has 0 spiro atoms. The number of nitrogens with zero attached hydrogens (tertiary/aromatic N) is 2. The lowest BCUT2D eigenvalue weighted by molar-refractivity contribution is -0.127. The second kappa shape index (κ2) is 8.20. The van der Waals surface area contributed by atoms with Crippen LogP contribution in [0.25, 0.3) is 17.0 Å². The number of para-hydroxylation sites is 2. The molecule has 1 aliphatic rings. The number of carbonyl (C=O) groups is 3. The van der Waals surface area contributed by atoms with Gasteiger partial charge in [-0.05, 0) is 49.4 Å². The van der Waals surface area contributed by atoms with Crippen LogP contribution in [0.1, 0.15) is 18.1 Å². The van der Waals surface area contributed by atoms with Gasteiger partial charge in [0.25, 0.3) is 11.1 Å². The number of nitrogens with one attached hydrogen (secondary N) is 1. The Morgan fingerprint density at radius 1 is 1.10 bits per heavy atom. The minimum absolute atomic E-state index is 0.312. The quantitative estimate of drug-likeness (QED) is 0.612. The van der Waals surface area contributed by atoms with Gasteiger partial charge in [-0.2, -0.15) is 0 Å². The van der Waals surface area contributed by atoms with Crippen molar-refractivity contribution in [1.82, 2.24) is 9.47 Å². The molecule has 3 aromatic rings. The number of carbonyl (C=O) groups excluding carboxylic acids is 3. The predicted octanol–water partition coefficient (Wildman–Crippen LogP) is 4.64. The van der Waals surface area contributed by atoms with E-state index in [1.165, 1.54) is 0 Å². The summed E-state index contributed by atoms with van der Waals surface area (Å²) in [5, 5.41) is 3.34. The predicted molar refractivity (Wildman–Crippen MR) is 120 cm³/mol. The molecular weight excluding hydrogens is 398 g/mol. The molecule has 1 aromatic heterocycles. The number of aromatic nitrogens is 1. The van der Waals surface area contributed by atoms with Crippen molar-refractivity contribution in [2.45, 2.75) is 20.4 Å². The number of amides is 3. The second-order valence-corrected chi connectivity index (χ2v) is 8.01. The van der Waals surface area contributed by atoms with Crippen molar-refractivity contribution in [2.24, 2.45) is 0 Å². The highest BCUT2D eigenvalue weighted by atomic mass is 32.2. The maximum Gasteiger partial charge on any atom is 0.294 e. The number of hydrogen-bond acceptors (Lipinski definition) is 4. The van der Waals surface area contributed by atoms with E-state index in [1.54, 1.807) is 12.1 Å². The van der Waals surface area contributed by atoms with Gasteiger partial charge in [-0.1, -0.05) is 36.4 Å². The molecule has 6 nitrogen and oxygen atoms in total. The van der Waals surface area contributed by atoms with E-state index in [4.69, 9.17) is 0 Å². The highest BCUT2D eigenvalue weighted by molar-refractivity contribution is 8.18. The topological polar surface area (TPSA) is 71.4 Å². The summed E-state index contributed by atoms with van der Waals surface area (Å²) in [6.45, 7) is 4.42. The average molecular weight is 420 g/mol. The van der Waals surface area contributed by atoms with Crippen LogP contribution in [0.15, 0.2) is 59.6 Å². The second-order valence-electron chi connectivity index (χ2n) is 7.02. The maximum atomic E-state index is 12.8. The van der Waals surface area contributed by atoms with E-state index >= 15 is 0 Å². The van der Waals surface area contributed by atoms with Crippen LogP contribution in [0.5, 0.6) is 0 Å². The Morgan fingerprint density at radius 3 is 2.60 bits per heavy atom. The number of anilines is 1. The molecule has 0 radical (unpaired) electrons. The Balaban J connectivity index is 1.54. The highest BCUT2D eigenvalue weighted by Crippen LogP contribution is 2.34. The summed E-state index contributed by atoms with van der Waals surface area (Å²) in [5.41, 5.74) is 3.52. The number of aryl methyl sites for hydroxylation is 2. The summed E-state index contributed by atoms with van der Waals surface area (Å²) in [5.74, 6) is -0.853. The molecule has 0 saturated carbocycles. The molecule has 30 heavy (non-hydrogen) atoms. The molecule has 0 aliphatic carbocycles. The summed E-state index contributed by atoms with van der Waals surface area (Å²) in [6.07, 6.45) is 3.71. The van der Waals surface area contributed by atoms with Crippen LogP contribution < -0.4 is 5.32 Å². The molecule has 3 amide bonds. The maximum absolute atomic E-state index is 12.8. The number of hydrogen-bond donors (Lipinski definition) is 1. The average Bonchev–Trinajstić information content (AvgIpc) is 3.22. The molecular formula is C23H21N3O3S. The standard InChI is InChI=1S/C23H21N3O3S/c1-3-25-13-16(17-9-5-7-11-19(17)25)12-20-22(28)26(23(29)30-20)14-21(27)24-18-10-6-4-8-15(18)2/h4-13H,3,14H2,1-2H3,(H,24,27)/b20-12-. The summed E-state index contributed by atoms with van der Waals surface area (Å²) < 4.78 is 2.10. The number of benzene rings is 2. The Bertz CT molecular complexity index is 1200. The van der Waals surface area contributed by atoms with Crippen molar-refractivity contribution in [3.05, 3.63) is 70.8 Å². The smallest absolute Gasteiger partial charge is 0.294 e. The molecule has 1 aliphatic heterocycles. The summed E-state index contributed by atoms with van der Waals surface area (Å²) in [6, 6.07) is 15.3. The monoisotopic (exact) mass is 419 g/mol. The summed E-state index contributed by atoms with van der Waals surface area (Å²) >= 11 is 0.863. The summed E-state index contributed by atoms with van der Waals surface area (Å²) in [4.78, 5) is 38.9. The van der Waals surface area contributed by atoms with Crippen LogP contribution in [0.3, 0.4) is 0 Å². The Morgan fingerprint density at radius 2 is 1.83 bits per heavy atom. The fraction of sp³-hybridized carbons (Fsp3) is 0.174. The Kier molecular flexibility index (Phi) is 5.46. The van der Waals surface area contributed by atoms with Crippen molar-refractivity contribution in [2.75, 3.05) is 11.9 Å². The van der Waals surface area contributed by atoms with E-state index in [1.807, 2.05) is 55.6 Å². The molecule has 1 N–H and O–H groups in total. The zero-order valence-corrected chi connectivity index (χ0v) is 17.5. The van der Waals surface area contributed by atoms with Crippen molar-refractivity contribution in [1.29, 1.82) is 0 Å². The van der Waals surface area contributed by atoms with Crippen molar-refractivity contribution in [3.63, 3.8) is 0 Å². The lowest BCUT2D eigenvalue weighted by atomic mass is 10.1. The van der Waals surface area contributed by atoms with Crippen LogP contribution in [0, 0.1) is 6.92 Å². The van der Waals surface area contributed by atoms with E-state index in [0.717, 1.165) is 45.2 Å². The lowest BCUT2D eigenvalue weighted by Crippen LogP contribution is -2.36. The molecule has 0 bridgehead atoms. The first-order valence-corrected chi connectivity index (χ1v) is 10.5. The molecule has 0 unspecified atom stereocenters. The van der Waals surface area contributed by atoms with E-state index in [9.17, 15) is 14.4 Å². The first kappa shape index (κ1) is 20.0. The van der Waals surface area contributed by atoms with Crippen molar-refractivity contribution >= 4 is 51.5 Å². The fourth-order valence-electron chi connectivity index (χ4n) is 3.48. The number of rotatable bonds is 5. The molecule has 152 valence electrons. The molecule has 4 rings (SSSR count). The Labute approximate surface area is 178 Å². The third-order valence-electron chi connectivity index (χ3n) is 5.04. The van der Waals surface area contributed by atoms with Gasteiger partial charge in [0.1, 0.15) is 6.54 Å². The number of imide groups is 1. The Hall–Kier alpha value is -3.32. The molecule has 1 saturated heterocycles. The number of thioether (sulfide) groups is 1. The minimum Gasteiger partial charge on any atom is -0.347 e. The van der Waals surface area contributed by atoms with Gasteiger partial charge in [0, 0.05) is 34.9 Å². The molecule has 7 heteroatoms. The van der Waals surface area contributed by atoms with Crippen molar-refractivity contribution < 1.29 is 14.4 Å². The zero-order valence-electron chi connectivity index (χ0n) is 16.7. The third-order valence-corrected chi connectivity index (χ3v) is 5.95. The van der Waals surface area contributed by atoms with Gasteiger partial charge in [0.2, 0.25) is 5.91 Å². The SMILES string of the molecule is CCn1cc(/C=C2\SC(=O)N(CC(=O)Nc3ccccc3C)C2=O)c2ccccc21. The van der Waals surface area contributed by atoms with Crippen LogP contribution in [0.4, 0.5) is 10.5 Å². The van der Waals surface area contributed by atoms with Crippen LogP contribution in [-0.4, -0.2) is 33.1 Å². The van der Waals surface area contributed by atoms with E-state index in [-0.39, 0.29) is 6.54 Å². The van der Waals surface area contributed by atoms with E-state index in [0.29, 0.717) is 10.6 Å². The van der Waals surface area contributed by atoms with Gasteiger partial charge in [0.15, 0.2) is 0 Å². The van der Waals surface area contributed by atoms with Crippen LogP contribution in [-0.2, 0) is 16.1 Å². The van der Waals surface area contributed by atoms with E-state index < -0.39 is 17.1 Å². The van der Waals surface area contributed by atoms with Gasteiger partial charge in [0.05, 0.1) is 4.91 Å². The minimum atomic E-state index is -0.446. The third kappa shape index (κ3) is 3.76. The van der Waals surface area contributed by atoms with E-state index in [2.05, 4.69) is 16.8 Å².